The van der Waals surface area contributed by atoms with Gasteiger partial charge in [-0.05, 0) is 89.9 Å². The third kappa shape index (κ3) is 42.0. The van der Waals surface area contributed by atoms with Gasteiger partial charge in [-0.3, -0.25) is 4.79 Å². The first-order valence-electron chi connectivity index (χ1n) is 22.6. The Labute approximate surface area is 340 Å². The highest BCUT2D eigenvalue weighted by Crippen LogP contribution is 2.14. The number of rotatable bonds is 39. The van der Waals surface area contributed by atoms with Crippen molar-refractivity contribution in [1.82, 2.24) is 5.32 Å². The summed E-state index contributed by atoms with van der Waals surface area (Å²) in [7, 11) is 0. The Morgan fingerprint density at radius 2 is 0.764 bits per heavy atom. The Kier molecular flexibility index (Phi) is 43.0. The lowest BCUT2D eigenvalue weighted by atomic mass is 10.0. The van der Waals surface area contributed by atoms with Crippen molar-refractivity contribution in [2.45, 2.75) is 199 Å². The number of carbonyl (C=O) groups is 1. The Morgan fingerprint density at radius 3 is 1.20 bits per heavy atom. The normalized spacial score (nSPS) is 14.0. The molecule has 1 amide bonds. The van der Waals surface area contributed by atoms with Crippen molar-refractivity contribution in [1.29, 1.82) is 0 Å². The molecular weight excluding hydrogens is 675 g/mol. The lowest BCUT2D eigenvalue weighted by molar-refractivity contribution is -0.123. The molecule has 0 radical (unpaired) electrons. The molecule has 4 heteroatoms. The Hall–Kier alpha value is -2.95. The second-order valence-electron chi connectivity index (χ2n) is 14.7. The third-order valence-corrected chi connectivity index (χ3v) is 9.48. The van der Waals surface area contributed by atoms with E-state index >= 15 is 0 Å². The van der Waals surface area contributed by atoms with Crippen LogP contribution in [0.2, 0.25) is 0 Å². The molecule has 4 nitrogen and oxygen atoms in total. The maximum Gasteiger partial charge on any atom is 0.220 e. The first-order chi connectivity index (χ1) is 27.2. The molecule has 55 heavy (non-hydrogen) atoms. The predicted molar refractivity (Wildman–Crippen MR) is 243 cm³/mol. The summed E-state index contributed by atoms with van der Waals surface area (Å²) in [6, 6.07) is -0.649. The molecule has 0 heterocycles. The number of allylic oxidation sites excluding steroid dienone is 17. The van der Waals surface area contributed by atoms with Crippen molar-refractivity contribution in [2.75, 3.05) is 6.61 Å². The molecule has 2 atom stereocenters. The average Bonchev–Trinajstić information content (AvgIpc) is 3.19. The largest absolute Gasteiger partial charge is 0.394 e. The van der Waals surface area contributed by atoms with E-state index in [1.54, 1.807) is 6.08 Å². The van der Waals surface area contributed by atoms with Crippen molar-refractivity contribution in [3.05, 3.63) is 109 Å². The molecule has 0 saturated heterocycles. The van der Waals surface area contributed by atoms with E-state index in [-0.39, 0.29) is 12.5 Å². The highest BCUT2D eigenvalue weighted by molar-refractivity contribution is 5.76. The SMILES string of the molecule is CC/C=C\C/C=C\C/C=C\C/C=C\C/C=C\C/C=C\CCCCCCCCCCCCCCCCC(=O)NC(CO)C(O)/C=C/CC/C=C/CC/C=C/CC. The van der Waals surface area contributed by atoms with Crippen LogP contribution < -0.4 is 5.32 Å². The predicted octanol–water partition coefficient (Wildman–Crippen LogP) is 14.4. The zero-order valence-corrected chi connectivity index (χ0v) is 35.6. The van der Waals surface area contributed by atoms with Gasteiger partial charge in [-0.15, -0.1) is 0 Å². The van der Waals surface area contributed by atoms with Crippen LogP contribution in [0.25, 0.3) is 0 Å². The van der Waals surface area contributed by atoms with E-state index in [0.717, 1.165) is 83.5 Å². The average molecular weight is 760 g/mol. The molecule has 3 N–H and O–H groups in total. The van der Waals surface area contributed by atoms with Crippen LogP contribution >= 0.6 is 0 Å². The maximum absolute atomic E-state index is 12.3. The Balaban J connectivity index is 3.55. The molecule has 0 aliphatic heterocycles. The minimum absolute atomic E-state index is 0.0866. The van der Waals surface area contributed by atoms with Gasteiger partial charge in [0.05, 0.1) is 18.8 Å². The number of aliphatic hydroxyl groups excluding tert-OH is 2. The molecule has 0 spiro atoms. The fourth-order valence-electron chi connectivity index (χ4n) is 6.10. The topological polar surface area (TPSA) is 69.6 Å². The van der Waals surface area contributed by atoms with Crippen LogP contribution in [0.15, 0.2) is 109 Å². The zero-order valence-electron chi connectivity index (χ0n) is 35.6. The number of amides is 1. The quantitative estimate of drug-likeness (QED) is 0.0432. The lowest BCUT2D eigenvalue weighted by Gasteiger charge is -2.19. The van der Waals surface area contributed by atoms with Crippen molar-refractivity contribution >= 4 is 5.91 Å². The summed E-state index contributed by atoms with van der Waals surface area (Å²) in [6.45, 7) is 4.04. The summed E-state index contributed by atoms with van der Waals surface area (Å²) < 4.78 is 0. The zero-order chi connectivity index (χ0) is 40.0. The molecule has 0 aromatic heterocycles. The molecule has 0 bridgehead atoms. The number of hydrogen-bond donors (Lipinski definition) is 3. The summed E-state index contributed by atoms with van der Waals surface area (Å²) in [6.07, 6.45) is 69.3. The third-order valence-electron chi connectivity index (χ3n) is 9.48. The van der Waals surface area contributed by atoms with Crippen LogP contribution in [-0.2, 0) is 4.79 Å². The van der Waals surface area contributed by atoms with Crippen LogP contribution in [0.4, 0.5) is 0 Å². The number of nitrogens with one attached hydrogen (secondary N) is 1. The summed E-state index contributed by atoms with van der Waals surface area (Å²) in [4.78, 5) is 12.3. The van der Waals surface area contributed by atoms with Gasteiger partial charge >= 0.3 is 0 Å². The fourth-order valence-corrected chi connectivity index (χ4v) is 6.10. The molecule has 0 aliphatic carbocycles. The van der Waals surface area contributed by atoms with Gasteiger partial charge in [0.2, 0.25) is 5.91 Å². The van der Waals surface area contributed by atoms with Crippen LogP contribution in [0, 0.1) is 0 Å². The molecule has 0 rings (SSSR count). The molecular formula is C51H85NO3. The monoisotopic (exact) mass is 760 g/mol. The van der Waals surface area contributed by atoms with Gasteiger partial charge in [-0.1, -0.05) is 200 Å². The molecule has 312 valence electrons. The molecule has 2 unspecified atom stereocenters. The summed E-state index contributed by atoms with van der Waals surface area (Å²) in [5.41, 5.74) is 0. The standard InChI is InChI=1S/C51H85NO3/c1-3-5-7-9-11-13-15-16-17-18-19-20-21-22-23-24-25-26-27-28-29-30-31-32-33-34-35-36-37-39-41-43-45-47-51(55)52-49(48-53)50(54)46-44-42-40-38-14-12-10-8-6-4-2/h5-8,11,13-14,16-17,19-20,22-23,25-26,38,44,46,49-50,53-54H,3-4,9-10,12,15,18,21,24,27-37,39-43,45,47-48H2,1-2H3,(H,52,55)/b7-5-,8-6+,13-11-,17-16-,20-19-,23-22-,26-25-,38-14+,46-44+. The number of aliphatic hydroxyl groups is 2. The maximum atomic E-state index is 12.3. The second kappa shape index (κ2) is 45.4. The van der Waals surface area contributed by atoms with Crippen LogP contribution in [0.3, 0.4) is 0 Å². The van der Waals surface area contributed by atoms with Crippen molar-refractivity contribution in [2.24, 2.45) is 0 Å². The van der Waals surface area contributed by atoms with E-state index in [1.807, 2.05) is 6.08 Å². The molecule has 0 aromatic rings. The van der Waals surface area contributed by atoms with Gasteiger partial charge in [-0.25, -0.2) is 0 Å². The van der Waals surface area contributed by atoms with E-state index in [2.05, 4.69) is 116 Å². The Morgan fingerprint density at radius 1 is 0.436 bits per heavy atom. The smallest absolute Gasteiger partial charge is 0.220 e. The van der Waals surface area contributed by atoms with Crippen molar-refractivity contribution < 1.29 is 15.0 Å². The summed E-state index contributed by atoms with van der Waals surface area (Å²) >= 11 is 0. The number of hydrogen-bond acceptors (Lipinski definition) is 3. The van der Waals surface area contributed by atoms with E-state index in [0.29, 0.717) is 6.42 Å². The Bertz CT molecular complexity index is 1090. The highest BCUT2D eigenvalue weighted by Gasteiger charge is 2.17. The number of carbonyl (C=O) groups excluding carboxylic acids is 1. The minimum Gasteiger partial charge on any atom is -0.394 e. The first-order valence-corrected chi connectivity index (χ1v) is 22.6. The number of unbranched alkanes of at least 4 members (excludes halogenated alkanes) is 16. The van der Waals surface area contributed by atoms with Crippen molar-refractivity contribution in [3.8, 4) is 0 Å². The fraction of sp³-hybridized carbons (Fsp3) is 0.627. The minimum atomic E-state index is -0.873. The summed E-state index contributed by atoms with van der Waals surface area (Å²) in [5.74, 6) is -0.0866. The van der Waals surface area contributed by atoms with Gasteiger partial charge in [0.1, 0.15) is 0 Å². The van der Waals surface area contributed by atoms with Crippen molar-refractivity contribution in [3.63, 3.8) is 0 Å². The van der Waals surface area contributed by atoms with Gasteiger partial charge in [-0.2, -0.15) is 0 Å². The highest BCUT2D eigenvalue weighted by atomic mass is 16.3. The van der Waals surface area contributed by atoms with Gasteiger partial charge < -0.3 is 15.5 Å². The molecule has 0 aliphatic rings. The van der Waals surface area contributed by atoms with Gasteiger partial charge in [0, 0.05) is 6.42 Å². The molecule has 0 saturated carbocycles. The second-order valence-corrected chi connectivity index (χ2v) is 14.7. The molecule has 0 fully saturated rings. The van der Waals surface area contributed by atoms with Crippen LogP contribution in [0.5, 0.6) is 0 Å². The van der Waals surface area contributed by atoms with E-state index < -0.39 is 12.1 Å². The van der Waals surface area contributed by atoms with Crippen LogP contribution in [0.1, 0.15) is 187 Å². The summed E-state index contributed by atoms with van der Waals surface area (Å²) in [5, 5.41) is 22.9. The molecule has 0 aromatic carbocycles. The van der Waals surface area contributed by atoms with Gasteiger partial charge in [0.15, 0.2) is 0 Å². The first kappa shape index (κ1) is 52.1. The van der Waals surface area contributed by atoms with E-state index in [1.165, 1.54) is 83.5 Å². The van der Waals surface area contributed by atoms with E-state index in [9.17, 15) is 15.0 Å². The lowest BCUT2D eigenvalue weighted by Crippen LogP contribution is -2.45. The van der Waals surface area contributed by atoms with Crippen LogP contribution in [-0.4, -0.2) is 34.9 Å². The van der Waals surface area contributed by atoms with Gasteiger partial charge in [0.25, 0.3) is 0 Å². The van der Waals surface area contributed by atoms with E-state index in [4.69, 9.17) is 0 Å².